The van der Waals surface area contributed by atoms with E-state index in [0.29, 0.717) is 11.0 Å². The largest absolute Gasteiger partial charge is 0.386 e. The number of benzene rings is 1. The van der Waals surface area contributed by atoms with Crippen molar-refractivity contribution in [3.63, 3.8) is 0 Å². The number of amidine groups is 1. The smallest absolute Gasteiger partial charge is 0.192 e. The van der Waals surface area contributed by atoms with Crippen molar-refractivity contribution < 1.29 is 0 Å². The molecular formula is C16H13ClN4S2. The van der Waals surface area contributed by atoms with Gasteiger partial charge in [0.25, 0.3) is 0 Å². The van der Waals surface area contributed by atoms with Gasteiger partial charge in [0.2, 0.25) is 0 Å². The summed E-state index contributed by atoms with van der Waals surface area (Å²) >= 11 is 8.79. The SMILES string of the molecule is NC(CCl)=Nc1ccc(Sc2nccc(-c3cccs3)n2)cc1. The van der Waals surface area contributed by atoms with Gasteiger partial charge in [0.15, 0.2) is 5.16 Å². The Morgan fingerprint density at radius 2 is 2.04 bits per heavy atom. The van der Waals surface area contributed by atoms with Crippen LogP contribution in [0.15, 0.2) is 69.1 Å². The van der Waals surface area contributed by atoms with E-state index in [4.69, 9.17) is 17.3 Å². The van der Waals surface area contributed by atoms with Crippen molar-refractivity contribution in [3.8, 4) is 10.6 Å². The molecule has 2 heterocycles. The van der Waals surface area contributed by atoms with Crippen molar-refractivity contribution >= 4 is 46.2 Å². The molecule has 0 amide bonds. The maximum atomic E-state index is 5.62. The molecule has 0 spiro atoms. The molecular weight excluding hydrogens is 348 g/mol. The van der Waals surface area contributed by atoms with Crippen LogP contribution in [-0.2, 0) is 0 Å². The topological polar surface area (TPSA) is 64.2 Å². The number of hydrogen-bond acceptors (Lipinski definition) is 5. The minimum atomic E-state index is 0.222. The molecule has 23 heavy (non-hydrogen) atoms. The van der Waals surface area contributed by atoms with Crippen LogP contribution in [0.4, 0.5) is 5.69 Å². The number of alkyl halides is 1. The normalized spacial score (nSPS) is 11.6. The first-order valence-corrected chi connectivity index (χ1v) is 9.01. The summed E-state index contributed by atoms with van der Waals surface area (Å²) in [4.78, 5) is 15.3. The van der Waals surface area contributed by atoms with Crippen LogP contribution in [-0.4, -0.2) is 21.7 Å². The van der Waals surface area contributed by atoms with Crippen molar-refractivity contribution in [2.75, 3.05) is 5.88 Å². The van der Waals surface area contributed by atoms with E-state index in [1.165, 1.54) is 11.8 Å². The minimum absolute atomic E-state index is 0.222. The second-order valence-electron chi connectivity index (χ2n) is 4.53. The van der Waals surface area contributed by atoms with Gasteiger partial charge in [-0.15, -0.1) is 22.9 Å². The van der Waals surface area contributed by atoms with Crippen molar-refractivity contribution in [1.29, 1.82) is 0 Å². The molecule has 3 rings (SSSR count). The zero-order valence-corrected chi connectivity index (χ0v) is 14.4. The van der Waals surface area contributed by atoms with Crippen LogP contribution in [0.3, 0.4) is 0 Å². The van der Waals surface area contributed by atoms with Crippen LogP contribution in [0.25, 0.3) is 10.6 Å². The first kappa shape index (κ1) is 16.0. The van der Waals surface area contributed by atoms with E-state index in [-0.39, 0.29) is 5.88 Å². The lowest BCUT2D eigenvalue weighted by Crippen LogP contribution is -2.12. The summed E-state index contributed by atoms with van der Waals surface area (Å²) in [6, 6.07) is 13.7. The van der Waals surface area contributed by atoms with Crippen LogP contribution >= 0.6 is 34.7 Å². The van der Waals surface area contributed by atoms with Crippen LogP contribution in [0.1, 0.15) is 0 Å². The molecule has 0 bridgehead atoms. The van der Waals surface area contributed by atoms with Crippen molar-refractivity contribution in [1.82, 2.24) is 9.97 Å². The Morgan fingerprint density at radius 1 is 1.22 bits per heavy atom. The summed E-state index contributed by atoms with van der Waals surface area (Å²) in [5, 5.41) is 2.75. The fourth-order valence-electron chi connectivity index (χ4n) is 1.84. The maximum absolute atomic E-state index is 5.62. The molecule has 0 aliphatic carbocycles. The summed E-state index contributed by atoms with van der Waals surface area (Å²) in [6.07, 6.45) is 1.78. The lowest BCUT2D eigenvalue weighted by atomic mass is 10.3. The monoisotopic (exact) mass is 360 g/mol. The van der Waals surface area contributed by atoms with E-state index < -0.39 is 0 Å². The van der Waals surface area contributed by atoms with Gasteiger partial charge < -0.3 is 5.73 Å². The van der Waals surface area contributed by atoms with Gasteiger partial charge in [0.05, 0.1) is 22.1 Å². The zero-order chi connectivity index (χ0) is 16.1. The number of aliphatic imine (C=N–C) groups is 1. The molecule has 0 atom stereocenters. The number of thiophene rings is 1. The molecule has 0 aliphatic rings. The molecule has 116 valence electrons. The summed E-state index contributed by atoms with van der Waals surface area (Å²) in [5.74, 6) is 0.624. The average Bonchev–Trinajstić information content (AvgIpc) is 3.11. The Balaban J connectivity index is 1.76. The standard InChI is InChI=1S/C16H13ClN4S2/c17-10-15(18)20-11-3-5-12(6-4-11)23-16-19-8-7-13(21-16)14-2-1-9-22-14/h1-9H,10H2,(H2,18,20). The molecule has 4 nitrogen and oxygen atoms in total. The highest BCUT2D eigenvalue weighted by atomic mass is 35.5. The van der Waals surface area contributed by atoms with Crippen LogP contribution < -0.4 is 5.73 Å². The maximum Gasteiger partial charge on any atom is 0.192 e. The van der Waals surface area contributed by atoms with Gasteiger partial charge in [-0.3, -0.25) is 0 Å². The van der Waals surface area contributed by atoms with Crippen LogP contribution in [0, 0.1) is 0 Å². The van der Waals surface area contributed by atoms with Crippen LogP contribution in [0.5, 0.6) is 0 Å². The van der Waals surface area contributed by atoms with Gasteiger partial charge in [0.1, 0.15) is 5.84 Å². The Hall–Kier alpha value is -1.89. The molecule has 0 saturated carbocycles. The second-order valence-corrected chi connectivity index (χ2v) is 6.79. The number of hydrogen-bond donors (Lipinski definition) is 1. The highest BCUT2D eigenvalue weighted by Crippen LogP contribution is 2.29. The number of nitrogens with zero attached hydrogens (tertiary/aromatic N) is 3. The molecule has 0 fully saturated rings. The molecule has 0 radical (unpaired) electrons. The fraction of sp³-hybridized carbons (Fsp3) is 0.0625. The molecule has 0 saturated heterocycles. The van der Waals surface area contributed by atoms with Gasteiger partial charge in [-0.05, 0) is 53.5 Å². The third kappa shape index (κ3) is 4.31. The molecule has 0 unspecified atom stereocenters. The van der Waals surface area contributed by atoms with Gasteiger partial charge in [-0.2, -0.15) is 0 Å². The predicted molar refractivity (Wildman–Crippen MR) is 97.9 cm³/mol. The summed E-state index contributed by atoms with van der Waals surface area (Å²) < 4.78 is 0. The van der Waals surface area contributed by atoms with Crippen molar-refractivity contribution in [2.24, 2.45) is 10.7 Å². The van der Waals surface area contributed by atoms with E-state index in [2.05, 4.69) is 21.0 Å². The Kier molecular flexibility index (Phi) is 5.27. The molecule has 3 aromatic rings. The van der Waals surface area contributed by atoms with Crippen molar-refractivity contribution in [3.05, 3.63) is 54.0 Å². The lowest BCUT2D eigenvalue weighted by Gasteiger charge is -2.03. The predicted octanol–water partition coefficient (Wildman–Crippen LogP) is 4.58. The fourth-order valence-corrected chi connectivity index (χ4v) is 3.34. The third-order valence-corrected chi connectivity index (χ3v) is 4.92. The number of halogens is 1. The number of nitrogens with two attached hydrogens (primary N) is 1. The number of aromatic nitrogens is 2. The van der Waals surface area contributed by atoms with Crippen molar-refractivity contribution in [2.45, 2.75) is 10.1 Å². The van der Waals surface area contributed by atoms with E-state index in [1.807, 2.05) is 41.8 Å². The number of rotatable bonds is 5. The molecule has 2 aromatic heterocycles. The molecule has 0 aliphatic heterocycles. The summed E-state index contributed by atoms with van der Waals surface area (Å²) in [6.45, 7) is 0. The van der Waals surface area contributed by atoms with Crippen LogP contribution in [0.2, 0.25) is 0 Å². The Morgan fingerprint density at radius 3 is 2.74 bits per heavy atom. The lowest BCUT2D eigenvalue weighted by molar-refractivity contribution is 0.974. The Bertz CT molecular complexity index is 801. The molecule has 1 aromatic carbocycles. The van der Waals surface area contributed by atoms with E-state index in [9.17, 15) is 0 Å². The first-order chi connectivity index (χ1) is 11.2. The second kappa shape index (κ2) is 7.59. The third-order valence-electron chi connectivity index (χ3n) is 2.86. The van der Waals surface area contributed by atoms with Gasteiger partial charge in [0, 0.05) is 11.1 Å². The zero-order valence-electron chi connectivity index (χ0n) is 12.0. The Labute approximate surface area is 147 Å². The summed E-state index contributed by atoms with van der Waals surface area (Å²) in [5.41, 5.74) is 7.34. The van der Waals surface area contributed by atoms with E-state index >= 15 is 0 Å². The van der Waals surface area contributed by atoms with Gasteiger partial charge in [-0.25, -0.2) is 15.0 Å². The highest BCUT2D eigenvalue weighted by molar-refractivity contribution is 7.99. The van der Waals surface area contributed by atoms with E-state index in [1.54, 1.807) is 17.5 Å². The van der Waals surface area contributed by atoms with E-state index in [0.717, 1.165) is 21.2 Å². The first-order valence-electron chi connectivity index (χ1n) is 6.78. The molecule has 7 heteroatoms. The van der Waals surface area contributed by atoms with Gasteiger partial charge in [-0.1, -0.05) is 6.07 Å². The summed E-state index contributed by atoms with van der Waals surface area (Å²) in [7, 11) is 0. The quantitative estimate of drug-likeness (QED) is 0.313. The average molecular weight is 361 g/mol. The highest BCUT2D eigenvalue weighted by Gasteiger charge is 2.05. The minimum Gasteiger partial charge on any atom is -0.386 e. The van der Waals surface area contributed by atoms with Gasteiger partial charge >= 0.3 is 0 Å². The molecule has 2 N–H and O–H groups in total.